The molecule has 19 heavy (non-hydrogen) atoms. The van der Waals surface area contributed by atoms with Crippen LogP contribution in [0.25, 0.3) is 11.2 Å². The van der Waals surface area contributed by atoms with Gasteiger partial charge in [0.25, 0.3) is 0 Å². The molecule has 0 amide bonds. The highest BCUT2D eigenvalue weighted by atomic mass is 35.5. The van der Waals surface area contributed by atoms with Gasteiger partial charge < -0.3 is 9.09 Å². The van der Waals surface area contributed by atoms with Gasteiger partial charge >= 0.3 is 0 Å². The van der Waals surface area contributed by atoms with Gasteiger partial charge in [-0.25, -0.2) is 9.97 Å². The maximum Gasteiger partial charge on any atom is 0.160 e. The van der Waals surface area contributed by atoms with E-state index in [1.54, 1.807) is 24.5 Å². The molecule has 3 aromatic rings. The van der Waals surface area contributed by atoms with Crippen LogP contribution in [0.15, 0.2) is 29.0 Å². The van der Waals surface area contributed by atoms with E-state index in [4.69, 9.17) is 27.7 Å². The second kappa shape index (κ2) is 4.83. The number of fused-ring (bicyclic) bond motifs is 1. The van der Waals surface area contributed by atoms with E-state index in [9.17, 15) is 0 Å². The van der Waals surface area contributed by atoms with Gasteiger partial charge in [0.05, 0.1) is 23.1 Å². The maximum atomic E-state index is 6.17. The third-order valence-corrected chi connectivity index (χ3v) is 3.14. The molecule has 0 aliphatic rings. The molecule has 3 heterocycles. The summed E-state index contributed by atoms with van der Waals surface area (Å²) in [6.45, 7) is 2.35. The third kappa shape index (κ3) is 2.31. The lowest BCUT2D eigenvalue weighted by molar-refractivity contribution is 0.376. The fraction of sp³-hybridized carbons (Fsp3) is 0.250. The van der Waals surface area contributed by atoms with Crippen LogP contribution in [-0.4, -0.2) is 19.7 Å². The van der Waals surface area contributed by atoms with Crippen LogP contribution in [0, 0.1) is 0 Å². The van der Waals surface area contributed by atoms with E-state index < -0.39 is 0 Å². The fourth-order valence-corrected chi connectivity index (χ4v) is 2.26. The number of halogens is 2. The molecule has 0 aliphatic carbocycles. The van der Waals surface area contributed by atoms with Crippen LogP contribution < -0.4 is 0 Å². The number of hydrogen-bond acceptors (Lipinski definition) is 4. The highest BCUT2D eigenvalue weighted by Gasteiger charge is 2.17. The molecule has 3 rings (SSSR count). The molecule has 3 aromatic heterocycles. The third-order valence-electron chi connectivity index (χ3n) is 2.74. The standard InChI is InChI=1S/C12H10Cl2N4O/c1-7(13)11-17-10-4-8(14)5-15-12(10)18(11)6-9-2-3-16-19-9/h2-5,7H,6H2,1H3. The van der Waals surface area contributed by atoms with Crippen molar-refractivity contribution < 1.29 is 4.52 Å². The van der Waals surface area contributed by atoms with Crippen molar-refractivity contribution in [1.29, 1.82) is 0 Å². The second-order valence-electron chi connectivity index (χ2n) is 4.15. The van der Waals surface area contributed by atoms with Crippen molar-refractivity contribution in [3.8, 4) is 0 Å². The topological polar surface area (TPSA) is 56.7 Å². The summed E-state index contributed by atoms with van der Waals surface area (Å²) in [4.78, 5) is 8.79. The van der Waals surface area contributed by atoms with E-state index in [0.717, 1.165) is 22.7 Å². The van der Waals surface area contributed by atoms with Gasteiger partial charge in [0.15, 0.2) is 11.4 Å². The molecule has 7 heteroatoms. The molecule has 0 fully saturated rings. The van der Waals surface area contributed by atoms with Gasteiger partial charge in [-0.15, -0.1) is 11.6 Å². The molecule has 0 aromatic carbocycles. The number of aromatic nitrogens is 4. The van der Waals surface area contributed by atoms with Crippen molar-refractivity contribution in [2.45, 2.75) is 18.8 Å². The number of pyridine rings is 1. The fourth-order valence-electron chi connectivity index (χ4n) is 1.94. The summed E-state index contributed by atoms with van der Waals surface area (Å²) < 4.78 is 7.03. The lowest BCUT2D eigenvalue weighted by Crippen LogP contribution is -2.05. The summed E-state index contributed by atoms with van der Waals surface area (Å²) in [5, 5.41) is 4.00. The summed E-state index contributed by atoms with van der Waals surface area (Å²) in [6.07, 6.45) is 3.19. The highest BCUT2D eigenvalue weighted by Crippen LogP contribution is 2.25. The zero-order chi connectivity index (χ0) is 13.4. The summed E-state index contributed by atoms with van der Waals surface area (Å²) in [5.41, 5.74) is 1.44. The largest absolute Gasteiger partial charge is 0.359 e. The zero-order valence-electron chi connectivity index (χ0n) is 10.0. The second-order valence-corrected chi connectivity index (χ2v) is 5.24. The average Bonchev–Trinajstić information content (AvgIpc) is 2.97. The van der Waals surface area contributed by atoms with Gasteiger partial charge in [-0.05, 0) is 13.0 Å². The molecule has 0 spiro atoms. The van der Waals surface area contributed by atoms with Gasteiger partial charge in [-0.3, -0.25) is 0 Å². The van der Waals surface area contributed by atoms with Crippen LogP contribution in [0.3, 0.4) is 0 Å². The first kappa shape index (κ1) is 12.4. The van der Waals surface area contributed by atoms with E-state index in [0.29, 0.717) is 11.6 Å². The lowest BCUT2D eigenvalue weighted by Gasteiger charge is -2.07. The van der Waals surface area contributed by atoms with Crippen molar-refractivity contribution in [1.82, 2.24) is 19.7 Å². The Bertz CT molecular complexity index is 706. The Kier molecular flexibility index (Phi) is 3.16. The molecule has 0 radical (unpaired) electrons. The van der Waals surface area contributed by atoms with E-state index in [1.807, 2.05) is 11.5 Å². The van der Waals surface area contributed by atoms with Crippen LogP contribution in [0.1, 0.15) is 23.9 Å². The van der Waals surface area contributed by atoms with Gasteiger partial charge in [0.1, 0.15) is 11.3 Å². The Balaban J connectivity index is 2.16. The van der Waals surface area contributed by atoms with Gasteiger partial charge in [-0.1, -0.05) is 16.8 Å². The van der Waals surface area contributed by atoms with E-state index in [2.05, 4.69) is 15.1 Å². The Morgan fingerprint density at radius 2 is 2.32 bits per heavy atom. The molecule has 1 atom stereocenters. The summed E-state index contributed by atoms with van der Waals surface area (Å²) in [5.74, 6) is 1.44. The Labute approximate surface area is 119 Å². The predicted octanol–water partition coefficient (Wildman–Crippen LogP) is 3.42. The quantitative estimate of drug-likeness (QED) is 0.695. The molecule has 0 aliphatic heterocycles. The first-order chi connectivity index (χ1) is 9.15. The van der Waals surface area contributed by atoms with Crippen molar-refractivity contribution in [3.05, 3.63) is 41.1 Å². The zero-order valence-corrected chi connectivity index (χ0v) is 11.6. The normalized spacial score (nSPS) is 13.0. The number of rotatable bonds is 3. The van der Waals surface area contributed by atoms with Crippen LogP contribution in [0.4, 0.5) is 0 Å². The Hall–Kier alpha value is -1.59. The Morgan fingerprint density at radius 1 is 1.47 bits per heavy atom. The molecular formula is C12H10Cl2N4O. The van der Waals surface area contributed by atoms with Crippen molar-refractivity contribution in [3.63, 3.8) is 0 Å². The number of imidazole rings is 1. The lowest BCUT2D eigenvalue weighted by atomic mass is 10.4. The van der Waals surface area contributed by atoms with Crippen LogP contribution in [0.5, 0.6) is 0 Å². The predicted molar refractivity (Wildman–Crippen MR) is 72.4 cm³/mol. The average molecular weight is 297 g/mol. The van der Waals surface area contributed by atoms with Crippen LogP contribution in [0.2, 0.25) is 5.02 Å². The van der Waals surface area contributed by atoms with Crippen LogP contribution in [-0.2, 0) is 6.54 Å². The SMILES string of the molecule is CC(Cl)c1nc2cc(Cl)cnc2n1Cc1ccno1. The summed E-state index contributed by atoms with van der Waals surface area (Å²) in [7, 11) is 0. The van der Waals surface area contributed by atoms with Crippen LogP contribution >= 0.6 is 23.2 Å². The number of alkyl halides is 1. The number of nitrogens with zero attached hydrogens (tertiary/aromatic N) is 4. The molecule has 0 N–H and O–H groups in total. The minimum atomic E-state index is -0.240. The molecule has 0 saturated heterocycles. The van der Waals surface area contributed by atoms with Gasteiger partial charge in [0.2, 0.25) is 0 Å². The molecule has 0 saturated carbocycles. The minimum Gasteiger partial charge on any atom is -0.359 e. The molecular weight excluding hydrogens is 287 g/mol. The Morgan fingerprint density at radius 3 is 3.00 bits per heavy atom. The smallest absolute Gasteiger partial charge is 0.160 e. The summed E-state index contributed by atoms with van der Waals surface area (Å²) in [6, 6.07) is 3.56. The monoisotopic (exact) mass is 296 g/mol. The van der Waals surface area contributed by atoms with E-state index in [1.165, 1.54) is 0 Å². The first-order valence-corrected chi connectivity index (χ1v) is 6.52. The summed E-state index contributed by atoms with van der Waals surface area (Å²) >= 11 is 12.1. The van der Waals surface area contributed by atoms with Gasteiger partial charge in [-0.2, -0.15) is 0 Å². The van der Waals surface area contributed by atoms with E-state index >= 15 is 0 Å². The molecule has 98 valence electrons. The molecule has 1 unspecified atom stereocenters. The highest BCUT2D eigenvalue weighted by molar-refractivity contribution is 6.31. The van der Waals surface area contributed by atoms with Crippen molar-refractivity contribution in [2.24, 2.45) is 0 Å². The number of hydrogen-bond donors (Lipinski definition) is 0. The van der Waals surface area contributed by atoms with Crippen molar-refractivity contribution in [2.75, 3.05) is 0 Å². The minimum absolute atomic E-state index is 0.240. The maximum absolute atomic E-state index is 6.17. The van der Waals surface area contributed by atoms with Crippen molar-refractivity contribution >= 4 is 34.4 Å². The first-order valence-electron chi connectivity index (χ1n) is 5.70. The molecule has 0 bridgehead atoms. The molecule has 5 nitrogen and oxygen atoms in total. The van der Waals surface area contributed by atoms with E-state index in [-0.39, 0.29) is 5.38 Å². The van der Waals surface area contributed by atoms with Gasteiger partial charge in [0, 0.05) is 12.3 Å².